The lowest BCUT2D eigenvalue weighted by Crippen LogP contribution is -2.05. The number of carbonyl (C=O) groups is 1. The van der Waals surface area contributed by atoms with Gasteiger partial charge in [-0.1, -0.05) is 10.4 Å². The van der Waals surface area contributed by atoms with Crippen LogP contribution in [0.15, 0.2) is 22.7 Å². The van der Waals surface area contributed by atoms with Gasteiger partial charge in [-0.3, -0.25) is 0 Å². The molecule has 0 aliphatic heterocycles. The van der Waals surface area contributed by atoms with Crippen LogP contribution in [0, 0.1) is 6.92 Å². The second-order valence-electron chi connectivity index (χ2n) is 4.30. The van der Waals surface area contributed by atoms with Crippen molar-refractivity contribution in [3.63, 3.8) is 0 Å². The Balaban J connectivity index is 1.87. The maximum absolute atomic E-state index is 11.0. The van der Waals surface area contributed by atoms with Crippen LogP contribution in [0.1, 0.15) is 22.1 Å². The molecule has 8 nitrogen and oxygen atoms in total. The van der Waals surface area contributed by atoms with E-state index < -0.39 is 5.97 Å². The van der Waals surface area contributed by atoms with E-state index in [0.717, 1.165) is 0 Å². The molecule has 3 rings (SSSR count). The standard InChI is InChI=1S/C12H11N5O3/c1-7-13-11(15-20-7)4-5-17-10-6-8(12(18)19)2-3-9(10)14-16-17/h2-3,6H,4-5H2,1H3,(H,18,19). The van der Waals surface area contributed by atoms with Gasteiger partial charge in [-0.25, -0.2) is 9.48 Å². The zero-order valence-electron chi connectivity index (χ0n) is 10.6. The van der Waals surface area contributed by atoms with Crippen LogP contribution < -0.4 is 0 Å². The summed E-state index contributed by atoms with van der Waals surface area (Å²) in [5.74, 6) is 0.116. The Morgan fingerprint density at radius 2 is 2.30 bits per heavy atom. The van der Waals surface area contributed by atoms with Crippen LogP contribution in [0.3, 0.4) is 0 Å². The molecule has 0 atom stereocenters. The number of aryl methyl sites for hydroxylation is 3. The SMILES string of the molecule is Cc1nc(CCn2nnc3ccc(C(=O)O)cc32)no1. The Hall–Kier alpha value is -2.77. The van der Waals surface area contributed by atoms with E-state index >= 15 is 0 Å². The van der Waals surface area contributed by atoms with E-state index in [2.05, 4.69) is 20.5 Å². The van der Waals surface area contributed by atoms with E-state index in [0.29, 0.717) is 35.7 Å². The van der Waals surface area contributed by atoms with Crippen molar-refractivity contribution >= 4 is 17.0 Å². The second-order valence-corrected chi connectivity index (χ2v) is 4.30. The summed E-state index contributed by atoms with van der Waals surface area (Å²) >= 11 is 0. The van der Waals surface area contributed by atoms with Crippen LogP contribution in [-0.4, -0.2) is 36.2 Å². The zero-order valence-corrected chi connectivity index (χ0v) is 10.6. The van der Waals surface area contributed by atoms with E-state index in [1.54, 1.807) is 23.7 Å². The molecule has 0 fully saturated rings. The number of benzene rings is 1. The number of rotatable bonds is 4. The average Bonchev–Trinajstić information content (AvgIpc) is 3.02. The number of fused-ring (bicyclic) bond motifs is 1. The van der Waals surface area contributed by atoms with Gasteiger partial charge < -0.3 is 9.63 Å². The molecule has 0 saturated heterocycles. The highest BCUT2D eigenvalue weighted by Crippen LogP contribution is 2.14. The summed E-state index contributed by atoms with van der Waals surface area (Å²) < 4.78 is 6.52. The first-order valence-corrected chi connectivity index (χ1v) is 5.99. The summed E-state index contributed by atoms with van der Waals surface area (Å²) in [6.45, 7) is 2.22. The summed E-state index contributed by atoms with van der Waals surface area (Å²) in [6.07, 6.45) is 0.535. The van der Waals surface area contributed by atoms with Gasteiger partial charge in [0.05, 0.1) is 17.6 Å². The molecule has 3 aromatic rings. The lowest BCUT2D eigenvalue weighted by molar-refractivity contribution is 0.0697. The molecule has 0 bridgehead atoms. The molecule has 0 unspecified atom stereocenters. The molecule has 0 aliphatic carbocycles. The van der Waals surface area contributed by atoms with E-state index in [1.165, 1.54) is 6.07 Å². The number of aromatic nitrogens is 5. The fraction of sp³-hybridized carbons (Fsp3) is 0.250. The molecule has 2 heterocycles. The van der Waals surface area contributed by atoms with Crippen LogP contribution in [0.4, 0.5) is 0 Å². The largest absolute Gasteiger partial charge is 0.478 e. The summed E-state index contributed by atoms with van der Waals surface area (Å²) in [5.41, 5.74) is 1.53. The molecular weight excluding hydrogens is 262 g/mol. The highest BCUT2D eigenvalue weighted by atomic mass is 16.5. The van der Waals surface area contributed by atoms with E-state index in [1.807, 2.05) is 0 Å². The van der Waals surface area contributed by atoms with Crippen LogP contribution in [0.2, 0.25) is 0 Å². The molecular formula is C12H11N5O3. The van der Waals surface area contributed by atoms with Crippen molar-refractivity contribution in [3.05, 3.63) is 35.5 Å². The van der Waals surface area contributed by atoms with Crippen LogP contribution in [0.25, 0.3) is 11.0 Å². The smallest absolute Gasteiger partial charge is 0.335 e. The second kappa shape index (κ2) is 4.72. The van der Waals surface area contributed by atoms with Crippen molar-refractivity contribution in [2.45, 2.75) is 19.9 Å². The molecule has 1 N–H and O–H groups in total. The van der Waals surface area contributed by atoms with Gasteiger partial charge in [0.2, 0.25) is 5.89 Å². The Morgan fingerprint density at radius 1 is 1.45 bits per heavy atom. The molecule has 1 aromatic carbocycles. The molecule has 8 heteroatoms. The predicted octanol–water partition coefficient (Wildman–Crippen LogP) is 1.06. The number of carboxylic acid groups (broad SMARTS) is 1. The van der Waals surface area contributed by atoms with Gasteiger partial charge in [-0.15, -0.1) is 5.10 Å². The fourth-order valence-electron chi connectivity index (χ4n) is 1.91. The highest BCUT2D eigenvalue weighted by molar-refractivity contribution is 5.92. The molecule has 0 aliphatic rings. The lowest BCUT2D eigenvalue weighted by atomic mass is 10.2. The summed E-state index contributed by atoms with van der Waals surface area (Å²) in [7, 11) is 0. The third-order valence-electron chi connectivity index (χ3n) is 2.88. The monoisotopic (exact) mass is 273 g/mol. The van der Waals surface area contributed by atoms with Gasteiger partial charge in [-0.2, -0.15) is 4.98 Å². The first-order valence-electron chi connectivity index (χ1n) is 5.99. The van der Waals surface area contributed by atoms with Crippen molar-refractivity contribution in [1.82, 2.24) is 25.1 Å². The average molecular weight is 273 g/mol. The third kappa shape index (κ3) is 2.22. The Kier molecular flexibility index (Phi) is 2.90. The van der Waals surface area contributed by atoms with Crippen molar-refractivity contribution < 1.29 is 14.4 Å². The van der Waals surface area contributed by atoms with Crippen molar-refractivity contribution in [1.29, 1.82) is 0 Å². The van der Waals surface area contributed by atoms with E-state index in [9.17, 15) is 4.79 Å². The van der Waals surface area contributed by atoms with Gasteiger partial charge in [0.25, 0.3) is 0 Å². The zero-order chi connectivity index (χ0) is 14.1. The van der Waals surface area contributed by atoms with E-state index in [4.69, 9.17) is 9.63 Å². The summed E-state index contributed by atoms with van der Waals surface area (Å²) in [6, 6.07) is 4.70. The van der Waals surface area contributed by atoms with Gasteiger partial charge in [0.1, 0.15) is 5.52 Å². The highest BCUT2D eigenvalue weighted by Gasteiger charge is 2.10. The number of aromatic carboxylic acids is 1. The molecule has 2 aromatic heterocycles. The minimum absolute atomic E-state index is 0.205. The number of nitrogens with zero attached hydrogens (tertiary/aromatic N) is 5. The minimum atomic E-state index is -0.978. The summed E-state index contributed by atoms with van der Waals surface area (Å²) in [5, 5.41) is 20.8. The normalized spacial score (nSPS) is 11.1. The molecule has 102 valence electrons. The van der Waals surface area contributed by atoms with Gasteiger partial charge in [-0.05, 0) is 18.2 Å². The molecule has 0 spiro atoms. The van der Waals surface area contributed by atoms with Gasteiger partial charge >= 0.3 is 5.97 Å². The van der Waals surface area contributed by atoms with Crippen molar-refractivity contribution in [3.8, 4) is 0 Å². The molecule has 20 heavy (non-hydrogen) atoms. The first kappa shape index (κ1) is 12.3. The maximum Gasteiger partial charge on any atom is 0.335 e. The number of hydrogen-bond acceptors (Lipinski definition) is 6. The lowest BCUT2D eigenvalue weighted by Gasteiger charge is -2.00. The van der Waals surface area contributed by atoms with Crippen LogP contribution >= 0.6 is 0 Å². The molecule has 0 saturated carbocycles. The third-order valence-corrected chi connectivity index (χ3v) is 2.88. The molecule has 0 radical (unpaired) electrons. The van der Waals surface area contributed by atoms with Gasteiger partial charge in [0.15, 0.2) is 5.82 Å². The quantitative estimate of drug-likeness (QED) is 0.757. The predicted molar refractivity (Wildman–Crippen MR) is 67.2 cm³/mol. The fourth-order valence-corrected chi connectivity index (χ4v) is 1.91. The Bertz CT molecular complexity index is 776. The number of hydrogen-bond donors (Lipinski definition) is 1. The first-order chi connectivity index (χ1) is 9.63. The Labute approximate surface area is 113 Å². The number of carboxylic acids is 1. The Morgan fingerprint density at radius 3 is 3.00 bits per heavy atom. The van der Waals surface area contributed by atoms with Crippen LogP contribution in [0.5, 0.6) is 0 Å². The van der Waals surface area contributed by atoms with Gasteiger partial charge in [0, 0.05) is 13.3 Å². The topological polar surface area (TPSA) is 107 Å². The molecule has 0 amide bonds. The minimum Gasteiger partial charge on any atom is -0.478 e. The van der Waals surface area contributed by atoms with Crippen LogP contribution in [-0.2, 0) is 13.0 Å². The van der Waals surface area contributed by atoms with E-state index in [-0.39, 0.29) is 5.56 Å². The van der Waals surface area contributed by atoms with Crippen molar-refractivity contribution in [2.24, 2.45) is 0 Å². The maximum atomic E-state index is 11.0. The summed E-state index contributed by atoms with van der Waals surface area (Å²) in [4.78, 5) is 15.1. The van der Waals surface area contributed by atoms with Crippen molar-refractivity contribution in [2.75, 3.05) is 0 Å².